The standard InChI is InChI=1S/C40H22N8/c41-21-33-34(22-42)46-40-32-20-28(48-35-17-9-7-15-29(35)30-16-8-10-18-36(30)48)24-44-38(32)37-31(39(40)45-33)19-27(23-43-37)47(25-11-3-1-4-12-25)26-13-5-2-6-14-26/h1-20,23-24H. The van der Waals surface area contributed by atoms with Gasteiger partial charge in [0.1, 0.15) is 23.2 Å². The van der Waals surface area contributed by atoms with Gasteiger partial charge >= 0.3 is 0 Å². The van der Waals surface area contributed by atoms with Gasteiger partial charge in [-0.1, -0.05) is 72.8 Å². The zero-order valence-electron chi connectivity index (χ0n) is 25.3. The minimum atomic E-state index is -0.0365. The number of rotatable bonds is 4. The Morgan fingerprint density at radius 1 is 0.479 bits per heavy atom. The second-order valence-electron chi connectivity index (χ2n) is 11.4. The number of pyridine rings is 2. The van der Waals surface area contributed by atoms with Crippen LogP contribution in [0.4, 0.5) is 17.1 Å². The highest BCUT2D eigenvalue weighted by molar-refractivity contribution is 6.21. The highest BCUT2D eigenvalue weighted by atomic mass is 15.1. The first-order valence-electron chi connectivity index (χ1n) is 15.4. The number of benzene rings is 5. The van der Waals surface area contributed by atoms with Crippen molar-refractivity contribution in [1.29, 1.82) is 10.5 Å². The lowest BCUT2D eigenvalue weighted by Gasteiger charge is -2.25. The van der Waals surface area contributed by atoms with Gasteiger partial charge in [0.05, 0.1) is 45.8 Å². The number of para-hydroxylation sites is 4. The summed E-state index contributed by atoms with van der Waals surface area (Å²) in [5.74, 6) is 0. The number of fused-ring (bicyclic) bond motifs is 9. The maximum absolute atomic E-state index is 9.96. The van der Waals surface area contributed by atoms with Crippen LogP contribution in [0.15, 0.2) is 134 Å². The van der Waals surface area contributed by atoms with Crippen LogP contribution in [0, 0.1) is 22.7 Å². The molecule has 0 N–H and O–H groups in total. The van der Waals surface area contributed by atoms with Crippen molar-refractivity contribution in [2.24, 2.45) is 0 Å². The molecule has 4 aromatic heterocycles. The van der Waals surface area contributed by atoms with E-state index in [9.17, 15) is 10.5 Å². The lowest BCUT2D eigenvalue weighted by molar-refractivity contribution is 1.16. The summed E-state index contributed by atoms with van der Waals surface area (Å²) < 4.78 is 2.18. The Morgan fingerprint density at radius 3 is 1.50 bits per heavy atom. The molecule has 4 heterocycles. The van der Waals surface area contributed by atoms with Crippen LogP contribution in [0.3, 0.4) is 0 Å². The Balaban J connectivity index is 1.36. The molecular formula is C40H22N8. The summed E-state index contributed by atoms with van der Waals surface area (Å²) in [4.78, 5) is 21.6. The molecule has 0 aliphatic carbocycles. The monoisotopic (exact) mass is 614 g/mol. The van der Waals surface area contributed by atoms with Crippen molar-refractivity contribution < 1.29 is 0 Å². The first-order chi connectivity index (χ1) is 23.7. The van der Waals surface area contributed by atoms with Gasteiger partial charge < -0.3 is 9.47 Å². The molecule has 0 fully saturated rings. The molecule has 9 rings (SSSR count). The van der Waals surface area contributed by atoms with E-state index in [0.717, 1.165) is 44.6 Å². The molecule has 0 spiro atoms. The van der Waals surface area contributed by atoms with E-state index in [4.69, 9.17) is 19.9 Å². The molecule has 0 saturated carbocycles. The van der Waals surface area contributed by atoms with Gasteiger partial charge in [0, 0.05) is 32.9 Å². The molecule has 0 radical (unpaired) electrons. The third-order valence-electron chi connectivity index (χ3n) is 8.71. The molecule has 222 valence electrons. The molecular weight excluding hydrogens is 592 g/mol. The molecule has 5 aromatic carbocycles. The van der Waals surface area contributed by atoms with Crippen molar-refractivity contribution in [3.8, 4) is 17.8 Å². The van der Waals surface area contributed by atoms with E-state index >= 15 is 0 Å². The van der Waals surface area contributed by atoms with Gasteiger partial charge in [0.15, 0.2) is 11.4 Å². The number of nitriles is 2. The molecule has 8 heteroatoms. The second kappa shape index (κ2) is 10.7. The summed E-state index contributed by atoms with van der Waals surface area (Å²) in [7, 11) is 0. The van der Waals surface area contributed by atoms with Crippen LogP contribution in [0.1, 0.15) is 11.4 Å². The van der Waals surface area contributed by atoms with E-state index in [1.807, 2.05) is 109 Å². The number of hydrogen-bond donors (Lipinski definition) is 0. The van der Waals surface area contributed by atoms with Crippen LogP contribution in [0.25, 0.3) is 60.3 Å². The van der Waals surface area contributed by atoms with Gasteiger partial charge in [-0.05, 0) is 48.5 Å². The van der Waals surface area contributed by atoms with Gasteiger partial charge in [0.2, 0.25) is 0 Å². The van der Waals surface area contributed by atoms with Crippen molar-refractivity contribution in [3.05, 3.63) is 145 Å². The fourth-order valence-corrected chi connectivity index (χ4v) is 6.66. The van der Waals surface area contributed by atoms with Gasteiger partial charge in [-0.25, -0.2) is 9.97 Å². The Hall–Kier alpha value is -7.16. The number of aromatic nitrogens is 5. The summed E-state index contributed by atoms with van der Waals surface area (Å²) >= 11 is 0. The highest BCUT2D eigenvalue weighted by Gasteiger charge is 2.21. The maximum atomic E-state index is 9.96. The molecule has 0 aliphatic heterocycles. The lowest BCUT2D eigenvalue weighted by atomic mass is 10.0. The molecule has 8 nitrogen and oxygen atoms in total. The average molecular weight is 615 g/mol. The normalized spacial score (nSPS) is 11.3. The summed E-state index contributed by atoms with van der Waals surface area (Å²) in [5, 5.41) is 23.6. The average Bonchev–Trinajstić information content (AvgIpc) is 3.49. The Morgan fingerprint density at radius 2 is 0.958 bits per heavy atom. The van der Waals surface area contributed by atoms with Crippen molar-refractivity contribution in [2.45, 2.75) is 0 Å². The first-order valence-corrected chi connectivity index (χ1v) is 15.4. The smallest absolute Gasteiger partial charge is 0.177 e. The zero-order chi connectivity index (χ0) is 32.2. The lowest BCUT2D eigenvalue weighted by Crippen LogP contribution is -2.10. The van der Waals surface area contributed by atoms with E-state index in [1.165, 1.54) is 0 Å². The van der Waals surface area contributed by atoms with Gasteiger partial charge in [0.25, 0.3) is 0 Å². The van der Waals surface area contributed by atoms with Crippen LogP contribution >= 0.6 is 0 Å². The molecule has 48 heavy (non-hydrogen) atoms. The predicted octanol–water partition coefficient (Wildman–Crippen LogP) is 9.04. The molecule has 0 saturated heterocycles. The van der Waals surface area contributed by atoms with Crippen LogP contribution in [-0.4, -0.2) is 24.5 Å². The minimum Gasteiger partial charge on any atom is -0.309 e. The number of nitrogens with zero attached hydrogens (tertiary/aromatic N) is 8. The van der Waals surface area contributed by atoms with E-state index in [2.05, 4.69) is 45.9 Å². The van der Waals surface area contributed by atoms with Gasteiger partial charge in [-0.15, -0.1) is 0 Å². The molecule has 0 bridgehead atoms. The second-order valence-corrected chi connectivity index (χ2v) is 11.4. The van der Waals surface area contributed by atoms with E-state index in [-0.39, 0.29) is 11.4 Å². The van der Waals surface area contributed by atoms with Crippen LogP contribution < -0.4 is 4.90 Å². The molecule has 0 aliphatic rings. The molecule has 0 unspecified atom stereocenters. The molecule has 9 aromatic rings. The molecule has 0 amide bonds. The van der Waals surface area contributed by atoms with Crippen molar-refractivity contribution in [1.82, 2.24) is 24.5 Å². The predicted molar refractivity (Wildman–Crippen MR) is 189 cm³/mol. The Labute approximate surface area is 274 Å². The summed E-state index contributed by atoms with van der Waals surface area (Å²) in [6, 6.07) is 44.9. The van der Waals surface area contributed by atoms with E-state index < -0.39 is 0 Å². The van der Waals surface area contributed by atoms with Gasteiger partial charge in [-0.2, -0.15) is 10.5 Å². The number of anilines is 3. The fraction of sp³-hybridized carbons (Fsp3) is 0. The summed E-state index contributed by atoms with van der Waals surface area (Å²) in [5.41, 5.74) is 7.78. The van der Waals surface area contributed by atoms with Crippen LogP contribution in [0.2, 0.25) is 0 Å². The topological polar surface area (TPSA) is 107 Å². The Kier molecular flexibility index (Phi) is 6.07. The third kappa shape index (κ3) is 4.07. The van der Waals surface area contributed by atoms with Gasteiger partial charge in [-0.3, -0.25) is 9.97 Å². The first kappa shape index (κ1) is 27.2. The van der Waals surface area contributed by atoms with E-state index in [0.29, 0.717) is 32.8 Å². The van der Waals surface area contributed by atoms with Crippen LogP contribution in [0.5, 0.6) is 0 Å². The van der Waals surface area contributed by atoms with Crippen molar-refractivity contribution in [2.75, 3.05) is 4.90 Å². The highest BCUT2D eigenvalue weighted by Crippen LogP contribution is 2.40. The van der Waals surface area contributed by atoms with Crippen molar-refractivity contribution >= 4 is 71.7 Å². The zero-order valence-corrected chi connectivity index (χ0v) is 25.3. The maximum Gasteiger partial charge on any atom is 0.177 e. The Bertz CT molecular complexity index is 2720. The summed E-state index contributed by atoms with van der Waals surface area (Å²) in [6.07, 6.45) is 3.68. The largest absolute Gasteiger partial charge is 0.309 e. The van der Waals surface area contributed by atoms with Crippen molar-refractivity contribution in [3.63, 3.8) is 0 Å². The van der Waals surface area contributed by atoms with E-state index in [1.54, 1.807) is 0 Å². The minimum absolute atomic E-state index is 0.0350. The third-order valence-corrected chi connectivity index (χ3v) is 8.71. The van der Waals surface area contributed by atoms with Crippen LogP contribution in [-0.2, 0) is 0 Å². The summed E-state index contributed by atoms with van der Waals surface area (Å²) in [6.45, 7) is 0. The molecule has 0 atom stereocenters. The quantitative estimate of drug-likeness (QED) is 0.182. The SMILES string of the molecule is N#Cc1nc2c3cc(N(c4ccccc4)c4ccccc4)cnc3c3ncc(-n4c5ccccc5c5ccccc54)cc3c2nc1C#N. The fourth-order valence-electron chi connectivity index (χ4n) is 6.66. The number of hydrogen-bond acceptors (Lipinski definition) is 7.